The fourth-order valence-electron chi connectivity index (χ4n) is 4.14. The molecule has 0 saturated carbocycles. The lowest BCUT2D eigenvalue weighted by Gasteiger charge is -2.20. The number of hydrogen-bond donors (Lipinski definition) is 0. The number of fused-ring (bicyclic) bond motifs is 2. The Morgan fingerprint density at radius 1 is 0.618 bits per heavy atom. The summed E-state index contributed by atoms with van der Waals surface area (Å²) < 4.78 is 14.8. The van der Waals surface area contributed by atoms with Gasteiger partial charge in [-0.15, -0.1) is 13.2 Å². The van der Waals surface area contributed by atoms with Crippen molar-refractivity contribution < 1.29 is 9.47 Å². The van der Waals surface area contributed by atoms with E-state index in [9.17, 15) is 0 Å². The van der Waals surface area contributed by atoms with Crippen LogP contribution in [0, 0.1) is 0 Å². The van der Waals surface area contributed by atoms with Gasteiger partial charge in [0.1, 0.15) is 11.5 Å². The fourth-order valence-corrected chi connectivity index (χ4v) is 4.89. The van der Waals surface area contributed by atoms with Crippen LogP contribution in [-0.2, 0) is 0 Å². The van der Waals surface area contributed by atoms with Crippen molar-refractivity contribution in [3.63, 3.8) is 0 Å². The van der Waals surface area contributed by atoms with Crippen molar-refractivity contribution in [2.24, 2.45) is 0 Å². The summed E-state index contributed by atoms with van der Waals surface area (Å²) in [7, 11) is 0. The molecule has 4 aromatic carbocycles. The van der Waals surface area contributed by atoms with Gasteiger partial charge in [0.15, 0.2) is 0 Å². The molecule has 0 aliphatic rings. The summed E-state index contributed by atoms with van der Waals surface area (Å²) in [5, 5.41) is 4.57. The number of allylic oxidation sites excluding steroid dienone is 2. The number of rotatable bonds is 11. The van der Waals surface area contributed by atoms with Crippen molar-refractivity contribution in [3.05, 3.63) is 94.9 Å². The average molecular weight is 580 g/mol. The van der Waals surface area contributed by atoms with E-state index in [1.54, 1.807) is 0 Å². The third-order valence-corrected chi connectivity index (χ3v) is 6.74. The van der Waals surface area contributed by atoms with Crippen LogP contribution in [0.2, 0.25) is 0 Å². The van der Waals surface area contributed by atoms with Gasteiger partial charge in [-0.3, -0.25) is 0 Å². The Hall–Kier alpha value is -2.56. The number of ether oxygens (including phenoxy) is 2. The van der Waals surface area contributed by atoms with Gasteiger partial charge in [-0.1, -0.05) is 68.3 Å². The third-order valence-electron chi connectivity index (χ3n) is 5.76. The van der Waals surface area contributed by atoms with E-state index in [-0.39, 0.29) is 0 Å². The molecule has 4 aromatic rings. The maximum Gasteiger partial charge on any atom is 0.127 e. The zero-order valence-electron chi connectivity index (χ0n) is 19.2. The minimum Gasteiger partial charge on any atom is -0.493 e. The van der Waals surface area contributed by atoms with Crippen molar-refractivity contribution in [2.45, 2.75) is 25.7 Å². The normalized spacial score (nSPS) is 11.0. The molecule has 0 N–H and O–H groups in total. The summed E-state index contributed by atoms with van der Waals surface area (Å²) in [6.07, 6.45) is 7.56. The highest BCUT2D eigenvalue weighted by Crippen LogP contribution is 2.46. The molecule has 0 saturated heterocycles. The van der Waals surface area contributed by atoms with Gasteiger partial charge in [-0.05, 0) is 83.6 Å². The molecule has 0 amide bonds. The number of unbranched alkanes of at least 4 members (excludes halogenated alkanes) is 2. The molecule has 174 valence electrons. The van der Waals surface area contributed by atoms with Crippen LogP contribution in [0.1, 0.15) is 25.7 Å². The summed E-state index contributed by atoms with van der Waals surface area (Å²) in [5.41, 5.74) is 2.13. The summed E-state index contributed by atoms with van der Waals surface area (Å²) in [5.74, 6) is 1.73. The highest BCUT2D eigenvalue weighted by atomic mass is 79.9. The van der Waals surface area contributed by atoms with E-state index in [0.29, 0.717) is 13.2 Å². The first-order chi connectivity index (χ1) is 16.6. The molecular weight excluding hydrogens is 552 g/mol. The Balaban J connectivity index is 1.94. The maximum absolute atomic E-state index is 6.37. The van der Waals surface area contributed by atoms with Crippen LogP contribution in [0.3, 0.4) is 0 Å². The summed E-state index contributed by atoms with van der Waals surface area (Å²) >= 11 is 7.25. The first-order valence-corrected chi connectivity index (χ1v) is 13.1. The van der Waals surface area contributed by atoms with Crippen molar-refractivity contribution in [1.29, 1.82) is 0 Å². The molecule has 0 radical (unpaired) electrons. The van der Waals surface area contributed by atoms with Crippen molar-refractivity contribution in [1.82, 2.24) is 0 Å². The molecule has 4 heteroatoms. The lowest BCUT2D eigenvalue weighted by Crippen LogP contribution is -2.02. The van der Waals surface area contributed by atoms with Gasteiger partial charge in [0, 0.05) is 20.1 Å². The molecule has 0 heterocycles. The van der Waals surface area contributed by atoms with Crippen LogP contribution < -0.4 is 9.47 Å². The molecule has 0 aliphatic carbocycles. The van der Waals surface area contributed by atoms with Crippen molar-refractivity contribution in [2.75, 3.05) is 13.2 Å². The monoisotopic (exact) mass is 578 g/mol. The number of benzene rings is 4. The zero-order chi connectivity index (χ0) is 23.9. The standard InChI is InChI=1S/C30H28Br2O2/c1-3-5-7-17-33-27-15-9-21-19-23(31)11-13-25(21)29(27)30-26-14-12-24(32)20-22(26)10-16-28(30)34-18-8-6-4-2/h3-4,9-16,19-20H,1-2,5-8,17-18H2. The minimum atomic E-state index is 0.632. The third kappa shape index (κ3) is 5.56. The lowest BCUT2D eigenvalue weighted by molar-refractivity contribution is 0.309. The van der Waals surface area contributed by atoms with E-state index in [1.807, 2.05) is 12.2 Å². The Bertz CT molecular complexity index is 1220. The molecule has 0 spiro atoms. The van der Waals surface area contributed by atoms with Crippen molar-refractivity contribution in [3.8, 4) is 22.6 Å². The van der Waals surface area contributed by atoms with Crippen molar-refractivity contribution >= 4 is 53.4 Å². The van der Waals surface area contributed by atoms with Crippen LogP contribution in [-0.4, -0.2) is 13.2 Å². The van der Waals surface area contributed by atoms with Gasteiger partial charge in [-0.25, -0.2) is 0 Å². The molecular formula is C30H28Br2O2. The van der Waals surface area contributed by atoms with Crippen LogP contribution in [0.5, 0.6) is 11.5 Å². The van der Waals surface area contributed by atoms with Gasteiger partial charge in [0.05, 0.1) is 13.2 Å². The Morgan fingerprint density at radius 2 is 1.06 bits per heavy atom. The quantitative estimate of drug-likeness (QED) is 0.130. The Kier molecular flexibility index (Phi) is 8.47. The smallest absolute Gasteiger partial charge is 0.127 e. The first-order valence-electron chi connectivity index (χ1n) is 11.5. The highest BCUT2D eigenvalue weighted by Gasteiger charge is 2.19. The molecule has 0 unspecified atom stereocenters. The molecule has 0 aromatic heterocycles. The second-order valence-electron chi connectivity index (χ2n) is 8.17. The van der Waals surface area contributed by atoms with Gasteiger partial charge >= 0.3 is 0 Å². The van der Waals surface area contributed by atoms with Gasteiger partial charge in [0.2, 0.25) is 0 Å². The predicted octanol–water partition coefficient (Wildman–Crippen LogP) is 9.87. The van der Waals surface area contributed by atoms with E-state index in [0.717, 1.165) is 78.8 Å². The summed E-state index contributed by atoms with van der Waals surface area (Å²) in [4.78, 5) is 0. The van der Waals surface area contributed by atoms with E-state index >= 15 is 0 Å². The SMILES string of the molecule is C=CCCCOc1ccc2cc(Br)ccc2c1-c1c(OCCCC=C)ccc2cc(Br)ccc12. The average Bonchev–Trinajstić information content (AvgIpc) is 2.84. The second kappa shape index (κ2) is 11.7. The van der Waals surface area contributed by atoms with Gasteiger partial charge in [0.25, 0.3) is 0 Å². The zero-order valence-corrected chi connectivity index (χ0v) is 22.3. The lowest BCUT2D eigenvalue weighted by atomic mass is 9.92. The van der Waals surface area contributed by atoms with E-state index in [1.165, 1.54) is 0 Å². The predicted molar refractivity (Wildman–Crippen MR) is 152 cm³/mol. The van der Waals surface area contributed by atoms with Crippen LogP contribution in [0.4, 0.5) is 0 Å². The summed E-state index contributed by atoms with van der Waals surface area (Å²) in [6.45, 7) is 8.92. The van der Waals surface area contributed by atoms with Crippen LogP contribution in [0.25, 0.3) is 32.7 Å². The second-order valence-corrected chi connectivity index (χ2v) is 10.00. The molecule has 4 rings (SSSR count). The van der Waals surface area contributed by atoms with E-state index < -0.39 is 0 Å². The van der Waals surface area contributed by atoms with E-state index in [2.05, 4.69) is 106 Å². The van der Waals surface area contributed by atoms with Gasteiger partial charge in [-0.2, -0.15) is 0 Å². The number of halogens is 2. The topological polar surface area (TPSA) is 18.5 Å². The van der Waals surface area contributed by atoms with E-state index in [4.69, 9.17) is 9.47 Å². The largest absolute Gasteiger partial charge is 0.493 e. The first kappa shape index (κ1) is 24.6. The number of hydrogen-bond acceptors (Lipinski definition) is 2. The molecule has 0 atom stereocenters. The van der Waals surface area contributed by atoms with Crippen LogP contribution >= 0.6 is 31.9 Å². The molecule has 0 bridgehead atoms. The highest BCUT2D eigenvalue weighted by molar-refractivity contribution is 9.10. The molecule has 34 heavy (non-hydrogen) atoms. The van der Waals surface area contributed by atoms with Gasteiger partial charge < -0.3 is 9.47 Å². The molecule has 0 aliphatic heterocycles. The minimum absolute atomic E-state index is 0.632. The Labute approximate surface area is 218 Å². The summed E-state index contributed by atoms with van der Waals surface area (Å²) in [6, 6.07) is 21.2. The molecule has 0 fully saturated rings. The maximum atomic E-state index is 6.37. The molecule has 2 nitrogen and oxygen atoms in total. The van der Waals surface area contributed by atoms with Crippen LogP contribution in [0.15, 0.2) is 94.9 Å². The fraction of sp³-hybridized carbons (Fsp3) is 0.200. The Morgan fingerprint density at radius 3 is 1.47 bits per heavy atom.